The molecule has 1 aliphatic rings. The number of carbonyl (C=O) groups excluding carboxylic acids is 1. The first kappa shape index (κ1) is 25.1. The molecule has 3 rings (SSSR count). The highest BCUT2D eigenvalue weighted by Crippen LogP contribution is 2.32. The molecule has 0 aliphatic carbocycles. The zero-order valence-electron chi connectivity index (χ0n) is 19.4. The second-order valence-corrected chi connectivity index (χ2v) is 8.47. The number of amides is 1. The fourth-order valence-electron chi connectivity index (χ4n) is 4.18. The molecule has 2 N–H and O–H groups in total. The van der Waals surface area contributed by atoms with Gasteiger partial charge < -0.3 is 15.4 Å². The Hall–Kier alpha value is -2.58. The van der Waals surface area contributed by atoms with E-state index < -0.39 is 11.7 Å². The summed E-state index contributed by atoms with van der Waals surface area (Å²) in [6.45, 7) is 9.96. The molecule has 1 amide bonds. The normalized spacial score (nSPS) is 16.0. The summed E-state index contributed by atoms with van der Waals surface area (Å²) < 4.78 is 44.1. The molecule has 1 atom stereocenters. The molecule has 2 aromatic carbocycles. The van der Waals surface area contributed by atoms with Gasteiger partial charge in [0.15, 0.2) is 0 Å². The number of piperazine rings is 1. The van der Waals surface area contributed by atoms with Crippen LogP contribution in [0.25, 0.3) is 0 Å². The van der Waals surface area contributed by atoms with Crippen molar-refractivity contribution in [2.45, 2.75) is 39.4 Å². The van der Waals surface area contributed by atoms with Crippen LogP contribution in [0.2, 0.25) is 0 Å². The average Bonchev–Trinajstić information content (AvgIpc) is 2.81. The largest absolute Gasteiger partial charge is 0.493 e. The van der Waals surface area contributed by atoms with Crippen molar-refractivity contribution in [2.75, 3.05) is 39.3 Å². The highest BCUT2D eigenvalue weighted by molar-refractivity contribution is 5.94. The van der Waals surface area contributed by atoms with Crippen molar-refractivity contribution in [3.63, 3.8) is 0 Å². The van der Waals surface area contributed by atoms with E-state index in [2.05, 4.69) is 31.7 Å². The quantitative estimate of drug-likeness (QED) is 0.612. The Balaban J connectivity index is 1.61. The molecule has 5 nitrogen and oxygen atoms in total. The molecule has 0 saturated carbocycles. The Morgan fingerprint density at radius 2 is 1.67 bits per heavy atom. The van der Waals surface area contributed by atoms with Gasteiger partial charge >= 0.3 is 6.18 Å². The van der Waals surface area contributed by atoms with Gasteiger partial charge in [-0.25, -0.2) is 0 Å². The van der Waals surface area contributed by atoms with Crippen LogP contribution in [-0.4, -0.2) is 55.0 Å². The summed E-state index contributed by atoms with van der Waals surface area (Å²) in [5, 5.41) is 0. The molecular formula is C25H32F3N3O2. The summed E-state index contributed by atoms with van der Waals surface area (Å²) in [5.41, 5.74) is 8.60. The van der Waals surface area contributed by atoms with Gasteiger partial charge in [-0.2, -0.15) is 13.2 Å². The SMILES string of the molecule is Cc1c(OCCCN)ccc(C(C)N2CCN(C(=O)c3ccc(C(F)(F)F)cc3)CC2)c1C. The number of benzene rings is 2. The number of rotatable bonds is 7. The first-order valence-electron chi connectivity index (χ1n) is 11.3. The molecule has 1 saturated heterocycles. The summed E-state index contributed by atoms with van der Waals surface area (Å²) >= 11 is 0. The maximum atomic E-state index is 12.8. The van der Waals surface area contributed by atoms with Gasteiger partial charge in [0.05, 0.1) is 12.2 Å². The number of ether oxygens (including phenoxy) is 1. The van der Waals surface area contributed by atoms with Crippen molar-refractivity contribution in [1.82, 2.24) is 9.80 Å². The molecule has 1 fully saturated rings. The van der Waals surface area contributed by atoms with Crippen molar-refractivity contribution in [3.05, 3.63) is 64.2 Å². The number of hydrogen-bond acceptors (Lipinski definition) is 4. The van der Waals surface area contributed by atoms with E-state index in [9.17, 15) is 18.0 Å². The monoisotopic (exact) mass is 463 g/mol. The lowest BCUT2D eigenvalue weighted by molar-refractivity contribution is -0.137. The molecule has 8 heteroatoms. The standard InChI is InChI=1S/C25H32F3N3O2/c1-17-18(2)23(33-16-4-11-29)10-9-22(17)19(3)30-12-14-31(15-13-30)24(32)20-5-7-21(8-6-20)25(26,27)28/h5-10,19H,4,11-16,29H2,1-3H3. The van der Waals surface area contributed by atoms with E-state index in [0.717, 1.165) is 29.9 Å². The van der Waals surface area contributed by atoms with Gasteiger partial charge in [-0.05, 0) is 80.8 Å². The molecule has 180 valence electrons. The van der Waals surface area contributed by atoms with Gasteiger partial charge in [0.1, 0.15) is 5.75 Å². The Labute approximate surface area is 193 Å². The van der Waals surface area contributed by atoms with E-state index in [0.29, 0.717) is 39.3 Å². The summed E-state index contributed by atoms with van der Waals surface area (Å²) in [4.78, 5) is 16.8. The third-order valence-corrected chi connectivity index (χ3v) is 6.44. The Kier molecular flexibility index (Phi) is 8.02. The topological polar surface area (TPSA) is 58.8 Å². The first-order chi connectivity index (χ1) is 15.6. The number of nitrogens with two attached hydrogens (primary N) is 1. The second kappa shape index (κ2) is 10.6. The van der Waals surface area contributed by atoms with Gasteiger partial charge in [0.2, 0.25) is 0 Å². The van der Waals surface area contributed by atoms with Crippen molar-refractivity contribution in [1.29, 1.82) is 0 Å². The van der Waals surface area contributed by atoms with Crippen LogP contribution in [-0.2, 0) is 6.18 Å². The zero-order valence-corrected chi connectivity index (χ0v) is 19.4. The van der Waals surface area contributed by atoms with E-state index in [1.165, 1.54) is 23.3 Å². The summed E-state index contributed by atoms with van der Waals surface area (Å²) in [5.74, 6) is 0.644. The number of carbonyl (C=O) groups is 1. The van der Waals surface area contributed by atoms with Crippen molar-refractivity contribution in [3.8, 4) is 5.75 Å². The Morgan fingerprint density at radius 3 is 2.24 bits per heavy atom. The Morgan fingerprint density at radius 1 is 1.03 bits per heavy atom. The fraction of sp³-hybridized carbons (Fsp3) is 0.480. The van der Waals surface area contributed by atoms with E-state index >= 15 is 0 Å². The van der Waals surface area contributed by atoms with Gasteiger partial charge in [-0.1, -0.05) is 6.07 Å². The van der Waals surface area contributed by atoms with Crippen molar-refractivity contribution < 1.29 is 22.7 Å². The van der Waals surface area contributed by atoms with Gasteiger partial charge in [0.25, 0.3) is 5.91 Å². The molecule has 33 heavy (non-hydrogen) atoms. The fourth-order valence-corrected chi connectivity index (χ4v) is 4.18. The van der Waals surface area contributed by atoms with Crippen LogP contribution in [0.3, 0.4) is 0 Å². The summed E-state index contributed by atoms with van der Waals surface area (Å²) in [6.07, 6.45) is -3.60. The van der Waals surface area contributed by atoms with Crippen LogP contribution in [0.4, 0.5) is 13.2 Å². The van der Waals surface area contributed by atoms with Gasteiger partial charge in [-0.3, -0.25) is 9.69 Å². The maximum absolute atomic E-state index is 12.8. The predicted molar refractivity (Wildman–Crippen MR) is 122 cm³/mol. The highest BCUT2D eigenvalue weighted by Gasteiger charge is 2.31. The van der Waals surface area contributed by atoms with E-state index in [1.807, 2.05) is 6.07 Å². The molecule has 0 aromatic heterocycles. The van der Waals surface area contributed by atoms with E-state index in [4.69, 9.17) is 10.5 Å². The average molecular weight is 464 g/mol. The van der Waals surface area contributed by atoms with Crippen LogP contribution in [0, 0.1) is 13.8 Å². The lowest BCUT2D eigenvalue weighted by Crippen LogP contribution is -2.49. The van der Waals surface area contributed by atoms with E-state index in [1.54, 1.807) is 4.90 Å². The maximum Gasteiger partial charge on any atom is 0.416 e. The van der Waals surface area contributed by atoms with Crippen molar-refractivity contribution >= 4 is 5.91 Å². The molecule has 0 bridgehead atoms. The van der Waals surface area contributed by atoms with Crippen LogP contribution in [0.15, 0.2) is 36.4 Å². The lowest BCUT2D eigenvalue weighted by atomic mass is 9.96. The van der Waals surface area contributed by atoms with Crippen molar-refractivity contribution in [2.24, 2.45) is 5.73 Å². The minimum atomic E-state index is -4.41. The molecule has 1 heterocycles. The second-order valence-electron chi connectivity index (χ2n) is 8.47. The van der Waals surface area contributed by atoms with E-state index in [-0.39, 0.29) is 17.5 Å². The van der Waals surface area contributed by atoms with Crippen LogP contribution in [0.5, 0.6) is 5.75 Å². The molecule has 2 aromatic rings. The molecule has 0 spiro atoms. The third kappa shape index (κ3) is 5.86. The minimum Gasteiger partial charge on any atom is -0.493 e. The molecule has 1 aliphatic heterocycles. The smallest absolute Gasteiger partial charge is 0.416 e. The van der Waals surface area contributed by atoms with Crippen LogP contribution >= 0.6 is 0 Å². The van der Waals surface area contributed by atoms with Gasteiger partial charge in [0, 0.05) is 37.8 Å². The van der Waals surface area contributed by atoms with Gasteiger partial charge in [-0.15, -0.1) is 0 Å². The molecular weight excluding hydrogens is 431 g/mol. The zero-order chi connectivity index (χ0) is 24.2. The number of halogens is 3. The predicted octanol–water partition coefficient (Wildman–Crippen LogP) is 4.57. The first-order valence-corrected chi connectivity index (χ1v) is 11.3. The Bertz CT molecular complexity index is 953. The lowest BCUT2D eigenvalue weighted by Gasteiger charge is -2.39. The summed E-state index contributed by atoms with van der Waals surface area (Å²) in [6, 6.07) is 8.71. The number of hydrogen-bond donors (Lipinski definition) is 1. The third-order valence-electron chi connectivity index (χ3n) is 6.44. The summed E-state index contributed by atoms with van der Waals surface area (Å²) in [7, 11) is 0. The number of alkyl halides is 3. The molecule has 1 unspecified atom stereocenters. The van der Waals surface area contributed by atoms with Crippen LogP contribution < -0.4 is 10.5 Å². The number of nitrogens with zero attached hydrogens (tertiary/aromatic N) is 2. The van der Waals surface area contributed by atoms with Crippen LogP contribution in [0.1, 0.15) is 52.0 Å². The molecule has 0 radical (unpaired) electrons. The highest BCUT2D eigenvalue weighted by atomic mass is 19.4. The minimum absolute atomic E-state index is 0.171.